The third kappa shape index (κ3) is 3.01. The molecule has 0 saturated carbocycles. The summed E-state index contributed by atoms with van der Waals surface area (Å²) in [7, 11) is 0. The van der Waals surface area contributed by atoms with Gasteiger partial charge in [0.2, 0.25) is 0 Å². The first-order valence-corrected chi connectivity index (χ1v) is 6.09. The van der Waals surface area contributed by atoms with Gasteiger partial charge in [-0.1, -0.05) is 23.7 Å². The van der Waals surface area contributed by atoms with E-state index in [0.717, 1.165) is 29.5 Å². The minimum Gasteiger partial charge on any atom is -0.365 e. The van der Waals surface area contributed by atoms with Crippen molar-refractivity contribution < 1.29 is 0 Å². The van der Waals surface area contributed by atoms with Crippen LogP contribution in [0.3, 0.4) is 0 Å². The van der Waals surface area contributed by atoms with Gasteiger partial charge in [-0.15, -0.1) is 0 Å². The molecule has 0 atom stereocenters. The molecule has 1 heterocycles. The zero-order valence-corrected chi connectivity index (χ0v) is 10.8. The van der Waals surface area contributed by atoms with Crippen molar-refractivity contribution >= 4 is 17.4 Å². The van der Waals surface area contributed by atoms with Crippen molar-refractivity contribution in [2.45, 2.75) is 26.9 Å². The highest BCUT2D eigenvalue weighted by Crippen LogP contribution is 2.17. The number of hydrogen-bond acceptors (Lipinski definition) is 2. The molecule has 17 heavy (non-hydrogen) atoms. The minimum atomic E-state index is 0.763. The zero-order valence-electron chi connectivity index (χ0n) is 10.1. The summed E-state index contributed by atoms with van der Waals surface area (Å²) in [6.45, 7) is 5.73. The molecule has 0 radical (unpaired) electrons. The summed E-state index contributed by atoms with van der Waals surface area (Å²) in [5.41, 5.74) is 2.31. The van der Waals surface area contributed by atoms with Crippen LogP contribution in [0, 0.1) is 6.92 Å². The predicted molar refractivity (Wildman–Crippen MR) is 71.4 cm³/mol. The number of halogens is 1. The number of aryl methyl sites for hydroxylation is 2. The molecule has 4 heteroatoms. The van der Waals surface area contributed by atoms with Crippen molar-refractivity contribution in [2.75, 3.05) is 5.32 Å². The number of nitrogens with one attached hydrogen (secondary N) is 1. The Kier molecular flexibility index (Phi) is 3.69. The summed E-state index contributed by atoms with van der Waals surface area (Å²) in [4.78, 5) is 0. The summed E-state index contributed by atoms with van der Waals surface area (Å²) >= 11 is 5.98. The lowest BCUT2D eigenvalue weighted by molar-refractivity contribution is 0.661. The quantitative estimate of drug-likeness (QED) is 0.899. The van der Waals surface area contributed by atoms with Crippen LogP contribution >= 0.6 is 11.6 Å². The summed E-state index contributed by atoms with van der Waals surface area (Å²) in [6.07, 6.45) is 1.97. The van der Waals surface area contributed by atoms with Crippen molar-refractivity contribution in [3.8, 4) is 0 Å². The van der Waals surface area contributed by atoms with Crippen molar-refractivity contribution in [1.29, 1.82) is 0 Å². The maximum Gasteiger partial charge on any atom is 0.148 e. The summed E-state index contributed by atoms with van der Waals surface area (Å²) in [5.74, 6) is 0.902. The zero-order chi connectivity index (χ0) is 12.3. The second kappa shape index (κ2) is 5.23. The van der Waals surface area contributed by atoms with E-state index in [9.17, 15) is 0 Å². The molecule has 0 aliphatic heterocycles. The van der Waals surface area contributed by atoms with Crippen LogP contribution in [-0.4, -0.2) is 9.78 Å². The van der Waals surface area contributed by atoms with Gasteiger partial charge in [-0.25, -0.2) is 0 Å². The number of rotatable bonds is 4. The SMILES string of the molecule is CCn1ccc(NCc2ccc(Cl)c(C)c2)n1. The highest BCUT2D eigenvalue weighted by Gasteiger charge is 2.00. The van der Waals surface area contributed by atoms with Gasteiger partial charge in [-0.3, -0.25) is 4.68 Å². The van der Waals surface area contributed by atoms with Crippen LogP contribution in [0.25, 0.3) is 0 Å². The van der Waals surface area contributed by atoms with E-state index >= 15 is 0 Å². The molecule has 0 amide bonds. The molecule has 0 bridgehead atoms. The Hall–Kier alpha value is -1.48. The van der Waals surface area contributed by atoms with E-state index in [1.807, 2.05) is 36.0 Å². The van der Waals surface area contributed by atoms with Crippen LogP contribution in [0.1, 0.15) is 18.1 Å². The predicted octanol–water partition coefficient (Wildman–Crippen LogP) is 3.48. The number of anilines is 1. The number of benzene rings is 1. The van der Waals surface area contributed by atoms with E-state index in [1.54, 1.807) is 0 Å². The molecule has 0 saturated heterocycles. The lowest BCUT2D eigenvalue weighted by atomic mass is 10.1. The standard InChI is InChI=1S/C13H16ClN3/c1-3-17-7-6-13(16-17)15-9-11-4-5-12(14)10(2)8-11/h4-8H,3,9H2,1-2H3,(H,15,16). The molecule has 2 rings (SSSR count). The Morgan fingerprint density at radius 2 is 2.18 bits per heavy atom. The van der Waals surface area contributed by atoms with Gasteiger partial charge in [0.05, 0.1) is 0 Å². The first-order valence-electron chi connectivity index (χ1n) is 5.71. The van der Waals surface area contributed by atoms with E-state index in [-0.39, 0.29) is 0 Å². The molecule has 1 aromatic carbocycles. The molecule has 0 unspecified atom stereocenters. The van der Waals surface area contributed by atoms with E-state index in [2.05, 4.69) is 23.4 Å². The molecule has 1 N–H and O–H groups in total. The van der Waals surface area contributed by atoms with Crippen molar-refractivity contribution in [3.63, 3.8) is 0 Å². The summed E-state index contributed by atoms with van der Waals surface area (Å²) < 4.78 is 1.90. The highest BCUT2D eigenvalue weighted by molar-refractivity contribution is 6.31. The number of aromatic nitrogens is 2. The largest absolute Gasteiger partial charge is 0.365 e. The van der Waals surface area contributed by atoms with Gasteiger partial charge in [-0.2, -0.15) is 5.10 Å². The Labute approximate surface area is 106 Å². The Morgan fingerprint density at radius 1 is 1.35 bits per heavy atom. The van der Waals surface area contributed by atoms with Crippen LogP contribution < -0.4 is 5.32 Å². The van der Waals surface area contributed by atoms with Gasteiger partial charge >= 0.3 is 0 Å². The van der Waals surface area contributed by atoms with Crippen molar-refractivity contribution in [1.82, 2.24) is 9.78 Å². The molecule has 3 nitrogen and oxygen atoms in total. The average molecular weight is 250 g/mol. The van der Waals surface area contributed by atoms with E-state index in [1.165, 1.54) is 5.56 Å². The molecular weight excluding hydrogens is 234 g/mol. The van der Waals surface area contributed by atoms with Crippen molar-refractivity contribution in [3.05, 3.63) is 46.6 Å². The van der Waals surface area contributed by atoms with Crippen LogP contribution in [0.4, 0.5) is 5.82 Å². The first kappa shape index (κ1) is 12.0. The monoisotopic (exact) mass is 249 g/mol. The van der Waals surface area contributed by atoms with Gasteiger partial charge in [0, 0.05) is 30.4 Å². The second-order valence-corrected chi connectivity index (χ2v) is 4.40. The normalized spacial score (nSPS) is 10.5. The molecule has 0 aliphatic carbocycles. The fraction of sp³-hybridized carbons (Fsp3) is 0.308. The highest BCUT2D eigenvalue weighted by atomic mass is 35.5. The topological polar surface area (TPSA) is 29.9 Å². The average Bonchev–Trinajstić information content (AvgIpc) is 2.79. The lowest BCUT2D eigenvalue weighted by Crippen LogP contribution is -2.02. The maximum absolute atomic E-state index is 5.98. The lowest BCUT2D eigenvalue weighted by Gasteiger charge is -2.05. The van der Waals surface area contributed by atoms with Gasteiger partial charge in [0.15, 0.2) is 0 Å². The molecular formula is C13H16ClN3. The molecule has 0 spiro atoms. The van der Waals surface area contributed by atoms with Crippen molar-refractivity contribution in [2.24, 2.45) is 0 Å². The third-order valence-corrected chi connectivity index (χ3v) is 3.08. The fourth-order valence-electron chi connectivity index (χ4n) is 1.64. The third-order valence-electron chi connectivity index (χ3n) is 2.66. The second-order valence-electron chi connectivity index (χ2n) is 3.99. The molecule has 0 fully saturated rings. The Morgan fingerprint density at radius 3 is 2.82 bits per heavy atom. The maximum atomic E-state index is 5.98. The summed E-state index contributed by atoms with van der Waals surface area (Å²) in [5, 5.41) is 8.46. The summed E-state index contributed by atoms with van der Waals surface area (Å²) in [6, 6.07) is 8.02. The van der Waals surface area contributed by atoms with Crippen LogP contribution in [0.5, 0.6) is 0 Å². The number of nitrogens with zero attached hydrogens (tertiary/aromatic N) is 2. The van der Waals surface area contributed by atoms with Gasteiger partial charge in [0.25, 0.3) is 0 Å². The van der Waals surface area contributed by atoms with Gasteiger partial charge < -0.3 is 5.32 Å². The van der Waals surface area contributed by atoms with Crippen LogP contribution in [0.15, 0.2) is 30.5 Å². The molecule has 1 aromatic heterocycles. The van der Waals surface area contributed by atoms with Gasteiger partial charge in [0.1, 0.15) is 5.82 Å². The first-order chi connectivity index (χ1) is 8.19. The molecule has 90 valence electrons. The van der Waals surface area contributed by atoms with Gasteiger partial charge in [-0.05, 0) is 31.0 Å². The van der Waals surface area contributed by atoms with E-state index in [0.29, 0.717) is 0 Å². The molecule has 2 aromatic rings. The Balaban J connectivity index is 1.99. The van der Waals surface area contributed by atoms with E-state index < -0.39 is 0 Å². The van der Waals surface area contributed by atoms with E-state index in [4.69, 9.17) is 11.6 Å². The number of hydrogen-bond donors (Lipinski definition) is 1. The van der Waals surface area contributed by atoms with Crippen LogP contribution in [0.2, 0.25) is 5.02 Å². The fourth-order valence-corrected chi connectivity index (χ4v) is 1.76. The molecule has 0 aliphatic rings. The smallest absolute Gasteiger partial charge is 0.148 e. The Bertz CT molecular complexity index is 505. The minimum absolute atomic E-state index is 0.763. The van der Waals surface area contributed by atoms with Crippen LogP contribution in [-0.2, 0) is 13.1 Å².